The molecule has 3 rings (SSSR count). The van der Waals surface area contributed by atoms with E-state index in [4.69, 9.17) is 27.9 Å². The highest BCUT2D eigenvalue weighted by atomic mass is 35.5. The first-order valence-electron chi connectivity index (χ1n) is 8.52. The minimum Gasteiger partial charge on any atom is -0.494 e. The molecule has 1 saturated heterocycles. The molecule has 1 heterocycles. The van der Waals surface area contributed by atoms with Crippen molar-refractivity contribution in [1.29, 1.82) is 0 Å². The maximum atomic E-state index is 12.6. The zero-order valence-electron chi connectivity index (χ0n) is 14.7. The summed E-state index contributed by atoms with van der Waals surface area (Å²) in [7, 11) is 0. The highest BCUT2D eigenvalue weighted by Gasteiger charge is 2.31. The van der Waals surface area contributed by atoms with Gasteiger partial charge in [-0.25, -0.2) is 4.79 Å². The number of rotatable bonds is 6. The van der Waals surface area contributed by atoms with E-state index >= 15 is 0 Å². The van der Waals surface area contributed by atoms with Crippen LogP contribution in [0.25, 0.3) is 0 Å². The summed E-state index contributed by atoms with van der Waals surface area (Å²) in [5.41, 5.74) is 1.19. The van der Waals surface area contributed by atoms with Gasteiger partial charge in [-0.2, -0.15) is 0 Å². The molecule has 1 fully saturated rings. The number of halogens is 2. The second-order valence-corrected chi connectivity index (χ2v) is 6.72. The average molecular weight is 408 g/mol. The van der Waals surface area contributed by atoms with Crippen molar-refractivity contribution in [3.63, 3.8) is 0 Å². The topological polar surface area (TPSA) is 61.9 Å². The molecule has 0 bridgehead atoms. The fourth-order valence-electron chi connectivity index (χ4n) is 2.82. The first kappa shape index (κ1) is 19.3. The van der Waals surface area contributed by atoms with Crippen molar-refractivity contribution in [2.75, 3.05) is 36.5 Å². The van der Waals surface area contributed by atoms with Gasteiger partial charge in [-0.15, -0.1) is 0 Å². The third-order valence-electron chi connectivity index (χ3n) is 4.11. The predicted octanol–water partition coefficient (Wildman–Crippen LogP) is 4.27. The van der Waals surface area contributed by atoms with Crippen LogP contribution >= 0.6 is 23.2 Å². The van der Waals surface area contributed by atoms with Crippen molar-refractivity contribution < 1.29 is 14.3 Å². The van der Waals surface area contributed by atoms with Crippen molar-refractivity contribution in [1.82, 2.24) is 4.90 Å². The van der Waals surface area contributed by atoms with E-state index in [1.165, 1.54) is 4.90 Å². The van der Waals surface area contributed by atoms with E-state index in [0.717, 1.165) is 11.4 Å². The predicted molar refractivity (Wildman–Crippen MR) is 107 cm³/mol. The molecule has 1 aliphatic heterocycles. The molecule has 2 aromatic rings. The number of hydrogen-bond acceptors (Lipinski definition) is 3. The maximum absolute atomic E-state index is 12.6. The Balaban J connectivity index is 1.61. The van der Waals surface area contributed by atoms with Gasteiger partial charge in [-0.3, -0.25) is 9.69 Å². The highest BCUT2D eigenvalue weighted by Crippen LogP contribution is 2.29. The maximum Gasteiger partial charge on any atom is 0.325 e. The number of anilines is 2. The SMILES string of the molecule is CCOc1ccc(N2CCN(CC(=O)Nc3cccc(Cl)c3Cl)C2=O)cc1. The van der Waals surface area contributed by atoms with Crippen LogP contribution in [-0.2, 0) is 4.79 Å². The van der Waals surface area contributed by atoms with Crippen molar-refractivity contribution in [2.45, 2.75) is 6.92 Å². The van der Waals surface area contributed by atoms with Gasteiger partial charge in [-0.05, 0) is 43.3 Å². The van der Waals surface area contributed by atoms with E-state index in [2.05, 4.69) is 5.32 Å². The molecule has 0 aliphatic carbocycles. The standard InChI is InChI=1S/C19H19Cl2N3O3/c1-2-27-14-8-6-13(7-9-14)24-11-10-23(19(24)26)12-17(25)22-16-5-3-4-15(20)18(16)21/h3-9H,2,10-12H2,1H3,(H,22,25). The largest absolute Gasteiger partial charge is 0.494 e. The summed E-state index contributed by atoms with van der Waals surface area (Å²) >= 11 is 12.0. The van der Waals surface area contributed by atoms with E-state index in [1.54, 1.807) is 23.1 Å². The van der Waals surface area contributed by atoms with Crippen molar-refractivity contribution in [2.24, 2.45) is 0 Å². The summed E-state index contributed by atoms with van der Waals surface area (Å²) in [6.07, 6.45) is 0. The molecular formula is C19H19Cl2N3O3. The highest BCUT2D eigenvalue weighted by molar-refractivity contribution is 6.44. The number of carbonyl (C=O) groups is 2. The van der Waals surface area contributed by atoms with Gasteiger partial charge in [0, 0.05) is 18.8 Å². The summed E-state index contributed by atoms with van der Waals surface area (Å²) in [4.78, 5) is 28.0. The van der Waals surface area contributed by atoms with Gasteiger partial charge in [0.15, 0.2) is 0 Å². The van der Waals surface area contributed by atoms with Gasteiger partial charge in [0.1, 0.15) is 12.3 Å². The summed E-state index contributed by atoms with van der Waals surface area (Å²) in [6, 6.07) is 12.1. The van der Waals surface area contributed by atoms with Crippen LogP contribution in [0.2, 0.25) is 10.0 Å². The molecular weight excluding hydrogens is 389 g/mol. The van der Waals surface area contributed by atoms with Gasteiger partial charge < -0.3 is 15.0 Å². The Morgan fingerprint density at radius 2 is 1.89 bits per heavy atom. The van der Waals surface area contributed by atoms with Crippen molar-refractivity contribution in [3.8, 4) is 5.75 Å². The molecule has 0 atom stereocenters. The fraction of sp³-hybridized carbons (Fsp3) is 0.263. The van der Waals surface area contributed by atoms with Crippen LogP contribution < -0.4 is 15.0 Å². The number of urea groups is 1. The summed E-state index contributed by atoms with van der Waals surface area (Å²) in [5, 5.41) is 3.32. The molecule has 1 aliphatic rings. The Hall–Kier alpha value is -2.44. The van der Waals surface area contributed by atoms with E-state index < -0.39 is 0 Å². The second-order valence-electron chi connectivity index (χ2n) is 5.93. The van der Waals surface area contributed by atoms with E-state index in [9.17, 15) is 9.59 Å². The van der Waals surface area contributed by atoms with Crippen LogP contribution in [-0.4, -0.2) is 43.1 Å². The lowest BCUT2D eigenvalue weighted by molar-refractivity contribution is -0.116. The van der Waals surface area contributed by atoms with Gasteiger partial charge in [0.05, 0.1) is 22.3 Å². The first-order chi connectivity index (χ1) is 13.0. The molecule has 3 amide bonds. The lowest BCUT2D eigenvalue weighted by atomic mass is 10.3. The van der Waals surface area contributed by atoms with Crippen LogP contribution in [0.3, 0.4) is 0 Å². The first-order valence-corrected chi connectivity index (χ1v) is 9.28. The second kappa shape index (κ2) is 8.50. The van der Waals surface area contributed by atoms with Gasteiger partial charge in [0.2, 0.25) is 5.91 Å². The number of nitrogens with zero attached hydrogens (tertiary/aromatic N) is 2. The molecule has 142 valence electrons. The van der Waals surface area contributed by atoms with Crippen molar-refractivity contribution in [3.05, 3.63) is 52.5 Å². The van der Waals surface area contributed by atoms with Crippen LogP contribution in [0.4, 0.5) is 16.2 Å². The van der Waals surface area contributed by atoms with Crippen LogP contribution in [0.15, 0.2) is 42.5 Å². The molecule has 0 spiro atoms. The molecule has 27 heavy (non-hydrogen) atoms. The lowest BCUT2D eigenvalue weighted by Gasteiger charge is -2.19. The number of nitrogens with one attached hydrogen (secondary N) is 1. The summed E-state index contributed by atoms with van der Waals surface area (Å²) in [5.74, 6) is 0.420. The molecule has 0 radical (unpaired) electrons. The monoisotopic (exact) mass is 407 g/mol. The smallest absolute Gasteiger partial charge is 0.325 e. The zero-order chi connectivity index (χ0) is 19.4. The number of carbonyl (C=O) groups excluding carboxylic acids is 2. The fourth-order valence-corrected chi connectivity index (χ4v) is 3.17. The Kier molecular flexibility index (Phi) is 6.08. The molecule has 6 nitrogen and oxygen atoms in total. The summed E-state index contributed by atoms with van der Waals surface area (Å²) in [6.45, 7) is 3.41. The molecule has 0 aromatic heterocycles. The Bertz CT molecular complexity index is 843. The number of benzene rings is 2. The number of amides is 3. The Morgan fingerprint density at radius 3 is 2.59 bits per heavy atom. The molecule has 2 aromatic carbocycles. The zero-order valence-corrected chi connectivity index (χ0v) is 16.3. The van der Waals surface area contributed by atoms with Gasteiger partial charge >= 0.3 is 6.03 Å². The molecule has 8 heteroatoms. The molecule has 1 N–H and O–H groups in total. The van der Waals surface area contributed by atoms with Crippen molar-refractivity contribution >= 4 is 46.5 Å². The quantitative estimate of drug-likeness (QED) is 0.777. The normalized spacial score (nSPS) is 13.8. The summed E-state index contributed by atoms with van der Waals surface area (Å²) < 4.78 is 5.41. The van der Waals surface area contributed by atoms with E-state index in [0.29, 0.717) is 30.4 Å². The van der Waals surface area contributed by atoms with Crippen LogP contribution in [0.1, 0.15) is 6.92 Å². The van der Waals surface area contributed by atoms with Crippen LogP contribution in [0, 0.1) is 0 Å². The Labute approximate surface area is 167 Å². The molecule has 0 saturated carbocycles. The lowest BCUT2D eigenvalue weighted by Crippen LogP contribution is -2.37. The van der Waals surface area contributed by atoms with Gasteiger partial charge in [-0.1, -0.05) is 29.3 Å². The third kappa shape index (κ3) is 4.46. The Morgan fingerprint density at radius 1 is 1.15 bits per heavy atom. The minimum absolute atomic E-state index is 0.0603. The minimum atomic E-state index is -0.332. The van der Waals surface area contributed by atoms with E-state index in [-0.39, 0.29) is 23.5 Å². The number of ether oxygens (including phenoxy) is 1. The molecule has 0 unspecified atom stereocenters. The van der Waals surface area contributed by atoms with Gasteiger partial charge in [0.25, 0.3) is 0 Å². The van der Waals surface area contributed by atoms with Crippen LogP contribution in [0.5, 0.6) is 5.75 Å². The third-order valence-corrected chi connectivity index (χ3v) is 4.93. The van der Waals surface area contributed by atoms with E-state index in [1.807, 2.05) is 31.2 Å². The number of hydrogen-bond donors (Lipinski definition) is 1. The average Bonchev–Trinajstić information content (AvgIpc) is 3.00.